The van der Waals surface area contributed by atoms with Gasteiger partial charge in [0.1, 0.15) is 12.4 Å². The molecule has 1 aliphatic rings. The molecule has 0 spiro atoms. The normalized spacial score (nSPS) is 18.2. The molecular formula is C17H20N4O. The Hall–Kier alpha value is -2.32. The molecule has 3 rings (SSSR count). The minimum Gasteiger partial charge on any atom is -0.492 e. The van der Waals surface area contributed by atoms with E-state index < -0.39 is 0 Å². The summed E-state index contributed by atoms with van der Waals surface area (Å²) in [6.07, 6.45) is 6.28. The number of hydrogen-bond acceptors (Lipinski definition) is 4. The highest BCUT2D eigenvalue weighted by Gasteiger charge is 2.24. The van der Waals surface area contributed by atoms with Gasteiger partial charge in [-0.15, -0.1) is 0 Å². The van der Waals surface area contributed by atoms with E-state index in [1.807, 2.05) is 35.3 Å². The van der Waals surface area contributed by atoms with Crippen molar-refractivity contribution in [2.45, 2.75) is 25.4 Å². The summed E-state index contributed by atoms with van der Waals surface area (Å²) < 4.78 is 7.78. The molecule has 2 aromatic rings. The van der Waals surface area contributed by atoms with Crippen LogP contribution in [0.5, 0.6) is 5.75 Å². The molecule has 1 aliphatic heterocycles. The highest BCUT2D eigenvalue weighted by Crippen LogP contribution is 2.19. The van der Waals surface area contributed by atoms with Crippen molar-refractivity contribution in [3.05, 3.63) is 48.3 Å². The van der Waals surface area contributed by atoms with Crippen molar-refractivity contribution in [2.24, 2.45) is 0 Å². The Morgan fingerprint density at radius 2 is 2.32 bits per heavy atom. The average Bonchev–Trinajstić information content (AvgIpc) is 3.21. The molecule has 22 heavy (non-hydrogen) atoms. The second-order valence-electron chi connectivity index (χ2n) is 5.55. The lowest BCUT2D eigenvalue weighted by Crippen LogP contribution is -2.36. The molecule has 2 heterocycles. The van der Waals surface area contributed by atoms with Crippen molar-refractivity contribution in [1.82, 2.24) is 14.7 Å². The summed E-state index contributed by atoms with van der Waals surface area (Å²) in [7, 11) is 0. The number of aromatic nitrogens is 2. The molecule has 5 heteroatoms. The van der Waals surface area contributed by atoms with Gasteiger partial charge in [0.25, 0.3) is 0 Å². The maximum Gasteiger partial charge on any atom is 0.120 e. The number of nitrogens with zero attached hydrogens (tertiary/aromatic N) is 4. The van der Waals surface area contributed by atoms with Gasteiger partial charge in [-0.25, -0.2) is 0 Å². The molecule has 0 bridgehead atoms. The number of hydrogen-bond donors (Lipinski definition) is 0. The second-order valence-corrected chi connectivity index (χ2v) is 5.55. The first-order chi connectivity index (χ1) is 10.8. The van der Waals surface area contributed by atoms with E-state index in [2.05, 4.69) is 16.1 Å². The zero-order chi connectivity index (χ0) is 15.2. The summed E-state index contributed by atoms with van der Waals surface area (Å²) >= 11 is 0. The average molecular weight is 296 g/mol. The van der Waals surface area contributed by atoms with Crippen LogP contribution in [0, 0.1) is 11.3 Å². The van der Waals surface area contributed by atoms with Crippen LogP contribution in [0.2, 0.25) is 0 Å². The molecule has 1 saturated heterocycles. The van der Waals surface area contributed by atoms with E-state index in [-0.39, 0.29) is 0 Å². The van der Waals surface area contributed by atoms with E-state index in [0.717, 1.165) is 25.4 Å². The van der Waals surface area contributed by atoms with Gasteiger partial charge in [0.05, 0.1) is 18.2 Å². The van der Waals surface area contributed by atoms with Gasteiger partial charge in [0.2, 0.25) is 0 Å². The van der Waals surface area contributed by atoms with Crippen molar-refractivity contribution in [3.8, 4) is 11.8 Å². The zero-order valence-electron chi connectivity index (χ0n) is 12.6. The van der Waals surface area contributed by atoms with Gasteiger partial charge in [-0.2, -0.15) is 10.4 Å². The van der Waals surface area contributed by atoms with Crippen LogP contribution in [0.4, 0.5) is 0 Å². The molecule has 0 N–H and O–H groups in total. The third-order valence-electron chi connectivity index (χ3n) is 4.07. The first-order valence-electron chi connectivity index (χ1n) is 7.69. The van der Waals surface area contributed by atoms with E-state index in [9.17, 15) is 0 Å². The standard InChI is InChI=1S/C17H20N4O/c18-13-15-4-1-6-17(12-15)22-11-10-20-8-2-5-16(20)14-21-9-3-7-19-21/h1,3-4,6-7,9,12,16H,2,5,8,10-11,14H2. The summed E-state index contributed by atoms with van der Waals surface area (Å²) in [5, 5.41) is 13.2. The summed E-state index contributed by atoms with van der Waals surface area (Å²) in [4.78, 5) is 2.47. The Bertz CT molecular complexity index is 632. The first kappa shape index (κ1) is 14.6. The van der Waals surface area contributed by atoms with Gasteiger partial charge < -0.3 is 4.74 Å². The molecule has 1 unspecified atom stereocenters. The lowest BCUT2D eigenvalue weighted by Gasteiger charge is -2.24. The van der Waals surface area contributed by atoms with Crippen molar-refractivity contribution >= 4 is 0 Å². The van der Waals surface area contributed by atoms with Gasteiger partial charge in [-0.1, -0.05) is 6.07 Å². The SMILES string of the molecule is N#Cc1cccc(OCCN2CCCC2Cn2cccn2)c1. The Morgan fingerprint density at radius 1 is 1.36 bits per heavy atom. The number of ether oxygens (including phenoxy) is 1. The molecule has 1 fully saturated rings. The van der Waals surface area contributed by atoms with Crippen LogP contribution in [0.15, 0.2) is 42.7 Å². The molecule has 1 atom stereocenters. The van der Waals surface area contributed by atoms with Gasteiger partial charge in [0, 0.05) is 25.0 Å². The smallest absolute Gasteiger partial charge is 0.120 e. The molecule has 114 valence electrons. The Balaban J connectivity index is 1.49. The maximum absolute atomic E-state index is 8.90. The fourth-order valence-corrected chi connectivity index (χ4v) is 2.96. The molecule has 0 saturated carbocycles. The highest BCUT2D eigenvalue weighted by molar-refractivity contribution is 5.36. The van der Waals surface area contributed by atoms with Crippen LogP contribution >= 0.6 is 0 Å². The van der Waals surface area contributed by atoms with E-state index in [1.54, 1.807) is 12.1 Å². The second kappa shape index (κ2) is 7.10. The highest BCUT2D eigenvalue weighted by atomic mass is 16.5. The van der Waals surface area contributed by atoms with Crippen LogP contribution in [-0.2, 0) is 6.54 Å². The number of benzene rings is 1. The minimum atomic E-state index is 0.536. The summed E-state index contributed by atoms with van der Waals surface area (Å²) in [5.41, 5.74) is 0.634. The summed E-state index contributed by atoms with van der Waals surface area (Å²) in [6, 6.07) is 11.9. The molecule has 0 aliphatic carbocycles. The Kier molecular flexibility index (Phi) is 4.71. The minimum absolute atomic E-state index is 0.536. The van der Waals surface area contributed by atoms with Gasteiger partial charge in [-0.05, 0) is 43.7 Å². The van der Waals surface area contributed by atoms with Crippen LogP contribution in [0.1, 0.15) is 18.4 Å². The monoisotopic (exact) mass is 296 g/mol. The third kappa shape index (κ3) is 3.66. The fraction of sp³-hybridized carbons (Fsp3) is 0.412. The molecule has 0 radical (unpaired) electrons. The first-order valence-corrected chi connectivity index (χ1v) is 7.69. The fourth-order valence-electron chi connectivity index (χ4n) is 2.96. The van der Waals surface area contributed by atoms with E-state index in [0.29, 0.717) is 18.2 Å². The molecular weight excluding hydrogens is 276 g/mol. The largest absolute Gasteiger partial charge is 0.492 e. The van der Waals surface area contributed by atoms with E-state index in [4.69, 9.17) is 10.00 Å². The van der Waals surface area contributed by atoms with Crippen molar-refractivity contribution in [1.29, 1.82) is 5.26 Å². The Labute approximate surface area is 130 Å². The van der Waals surface area contributed by atoms with E-state index in [1.165, 1.54) is 12.8 Å². The number of rotatable bonds is 6. The van der Waals surface area contributed by atoms with Crippen LogP contribution in [0.25, 0.3) is 0 Å². The van der Waals surface area contributed by atoms with Crippen LogP contribution < -0.4 is 4.74 Å². The third-order valence-corrected chi connectivity index (χ3v) is 4.07. The van der Waals surface area contributed by atoms with Gasteiger partial charge >= 0.3 is 0 Å². The number of nitriles is 1. The predicted octanol–water partition coefficient (Wildman–Crippen LogP) is 2.30. The van der Waals surface area contributed by atoms with Gasteiger partial charge in [0.15, 0.2) is 0 Å². The maximum atomic E-state index is 8.90. The van der Waals surface area contributed by atoms with Crippen molar-refractivity contribution in [2.75, 3.05) is 19.7 Å². The molecule has 1 aromatic heterocycles. The van der Waals surface area contributed by atoms with Crippen molar-refractivity contribution < 1.29 is 4.74 Å². The Morgan fingerprint density at radius 3 is 3.14 bits per heavy atom. The summed E-state index contributed by atoms with van der Waals surface area (Å²) in [5.74, 6) is 0.766. The van der Waals surface area contributed by atoms with Crippen LogP contribution in [-0.4, -0.2) is 40.4 Å². The predicted molar refractivity (Wildman–Crippen MR) is 83.5 cm³/mol. The van der Waals surface area contributed by atoms with Gasteiger partial charge in [-0.3, -0.25) is 9.58 Å². The molecule has 1 aromatic carbocycles. The molecule has 0 amide bonds. The lowest BCUT2D eigenvalue weighted by molar-refractivity contribution is 0.182. The van der Waals surface area contributed by atoms with Crippen LogP contribution in [0.3, 0.4) is 0 Å². The summed E-state index contributed by atoms with van der Waals surface area (Å²) in [6.45, 7) is 3.61. The topological polar surface area (TPSA) is 54.1 Å². The van der Waals surface area contributed by atoms with Crippen molar-refractivity contribution in [3.63, 3.8) is 0 Å². The molecule has 5 nitrogen and oxygen atoms in total. The van der Waals surface area contributed by atoms with E-state index >= 15 is 0 Å². The quantitative estimate of drug-likeness (QED) is 0.821. The number of likely N-dealkylation sites (tertiary alicyclic amines) is 1. The lowest BCUT2D eigenvalue weighted by atomic mass is 10.2. The zero-order valence-corrected chi connectivity index (χ0v) is 12.6.